The molecule has 0 unspecified atom stereocenters. The molecule has 1 aromatic carbocycles. The maximum atomic E-state index is 11.6. The Morgan fingerprint density at radius 3 is 2.75 bits per heavy atom. The fourth-order valence-electron chi connectivity index (χ4n) is 1.17. The maximum Gasteiger partial charge on any atom is 0.352 e. The summed E-state index contributed by atoms with van der Waals surface area (Å²) in [5.74, 6) is -0.540. The lowest BCUT2D eigenvalue weighted by atomic mass is 10.1. The largest absolute Gasteiger partial charge is 0.380 e. The second-order valence-corrected chi connectivity index (χ2v) is 4.59. The summed E-state index contributed by atoms with van der Waals surface area (Å²) in [6, 6.07) is 5.29. The van der Waals surface area contributed by atoms with Gasteiger partial charge in [-0.15, -0.1) is 0 Å². The molecule has 0 aliphatic heterocycles. The van der Waals surface area contributed by atoms with Crippen LogP contribution in [0.3, 0.4) is 0 Å². The van der Waals surface area contributed by atoms with Gasteiger partial charge in [0.05, 0.1) is 11.3 Å². The average molecular weight is 304 g/mol. The number of benzene rings is 1. The summed E-state index contributed by atoms with van der Waals surface area (Å²) < 4.78 is 5.46. The zero-order chi connectivity index (χ0) is 12.1. The summed E-state index contributed by atoms with van der Waals surface area (Å²) >= 11 is 3.75. The van der Waals surface area contributed by atoms with Crippen LogP contribution in [0.15, 0.2) is 22.7 Å². The van der Waals surface area contributed by atoms with Crippen molar-refractivity contribution in [1.82, 2.24) is 0 Å². The third kappa shape index (κ3) is 3.24. The van der Waals surface area contributed by atoms with Gasteiger partial charge in [0.15, 0.2) is 0 Å². The van der Waals surface area contributed by atoms with Crippen LogP contribution in [0.2, 0.25) is 0 Å². The van der Waals surface area contributed by atoms with Gasteiger partial charge >= 0.3 is 5.97 Å². The molecule has 0 N–H and O–H groups in total. The molecule has 0 saturated carbocycles. The standard InChI is InChI=1S/C10H10BrNO3S/c1-12(2)9-4-3-7(11)5-8(9)10(14)15-16-6-13/h3-6H,1-2H3. The number of rotatable bonds is 4. The summed E-state index contributed by atoms with van der Waals surface area (Å²) in [5.41, 5.74) is 1.61. The van der Waals surface area contributed by atoms with Crippen LogP contribution in [0.25, 0.3) is 0 Å². The summed E-state index contributed by atoms with van der Waals surface area (Å²) in [4.78, 5) is 23.5. The van der Waals surface area contributed by atoms with Crippen molar-refractivity contribution < 1.29 is 13.8 Å². The number of carbonyl (C=O) groups excluding carboxylic acids is 2. The first-order chi connectivity index (χ1) is 7.56. The number of nitrogens with zero attached hydrogens (tertiary/aromatic N) is 1. The second kappa shape index (κ2) is 5.91. The van der Waals surface area contributed by atoms with Crippen LogP contribution in [-0.4, -0.2) is 25.7 Å². The normalized spacial score (nSPS) is 9.69. The molecule has 0 fully saturated rings. The Kier molecular flexibility index (Phi) is 4.82. The first-order valence-corrected chi connectivity index (χ1v) is 5.94. The maximum absolute atomic E-state index is 11.6. The van der Waals surface area contributed by atoms with Crippen molar-refractivity contribution in [3.63, 3.8) is 0 Å². The van der Waals surface area contributed by atoms with Crippen LogP contribution in [0.1, 0.15) is 10.4 Å². The summed E-state index contributed by atoms with van der Waals surface area (Å²) in [6.07, 6.45) is 0. The zero-order valence-electron chi connectivity index (χ0n) is 8.77. The Morgan fingerprint density at radius 1 is 1.50 bits per heavy atom. The minimum absolute atomic E-state index is 0.411. The van der Waals surface area contributed by atoms with Crippen LogP contribution in [-0.2, 0) is 8.98 Å². The van der Waals surface area contributed by atoms with Crippen molar-refractivity contribution in [3.05, 3.63) is 28.2 Å². The predicted octanol–water partition coefficient (Wildman–Crippen LogP) is 2.51. The molecule has 0 aromatic heterocycles. The van der Waals surface area contributed by atoms with Crippen molar-refractivity contribution >= 4 is 45.2 Å². The lowest BCUT2D eigenvalue weighted by molar-refractivity contribution is 0.0770. The quantitative estimate of drug-likeness (QED) is 0.632. The van der Waals surface area contributed by atoms with E-state index in [2.05, 4.69) is 20.1 Å². The molecule has 4 nitrogen and oxygen atoms in total. The fourth-order valence-corrected chi connectivity index (χ4v) is 1.75. The van der Waals surface area contributed by atoms with Crippen LogP contribution < -0.4 is 4.90 Å². The molecule has 0 aliphatic rings. The van der Waals surface area contributed by atoms with E-state index in [1.165, 1.54) is 0 Å². The SMILES string of the molecule is CN(C)c1ccc(Br)cc1C(=O)OSC=O. The van der Waals surface area contributed by atoms with Gasteiger partial charge in [0, 0.05) is 18.6 Å². The first-order valence-electron chi connectivity index (χ1n) is 4.34. The molecule has 16 heavy (non-hydrogen) atoms. The molecule has 0 bridgehead atoms. The Labute approximate surface area is 106 Å². The highest BCUT2D eigenvalue weighted by molar-refractivity contribution is 9.10. The molecule has 0 atom stereocenters. The average Bonchev–Trinajstić information content (AvgIpc) is 2.25. The molecule has 0 aliphatic carbocycles. The minimum Gasteiger partial charge on any atom is -0.380 e. The van der Waals surface area contributed by atoms with Crippen LogP contribution in [0.5, 0.6) is 0 Å². The van der Waals surface area contributed by atoms with Crippen molar-refractivity contribution in [2.24, 2.45) is 0 Å². The van der Waals surface area contributed by atoms with Crippen molar-refractivity contribution in [1.29, 1.82) is 0 Å². The van der Waals surface area contributed by atoms with E-state index in [0.717, 1.165) is 10.2 Å². The number of hydrogen-bond donors (Lipinski definition) is 0. The molecule has 1 aromatic rings. The zero-order valence-corrected chi connectivity index (χ0v) is 11.2. The van der Waals surface area contributed by atoms with Gasteiger partial charge in [-0.1, -0.05) is 15.9 Å². The number of anilines is 1. The Morgan fingerprint density at radius 2 is 2.19 bits per heavy atom. The molecule has 0 heterocycles. The van der Waals surface area contributed by atoms with Gasteiger partial charge in [0.1, 0.15) is 12.0 Å². The van der Waals surface area contributed by atoms with Crippen LogP contribution in [0, 0.1) is 0 Å². The third-order valence-corrected chi connectivity index (χ3v) is 2.64. The highest BCUT2D eigenvalue weighted by atomic mass is 79.9. The number of carbonyl (C=O) groups is 2. The second-order valence-electron chi connectivity index (χ2n) is 3.12. The summed E-state index contributed by atoms with van der Waals surface area (Å²) in [6.45, 7) is 0. The van der Waals surface area contributed by atoms with Crippen LogP contribution >= 0.6 is 28.0 Å². The molecule has 0 saturated heterocycles. The molecule has 0 amide bonds. The van der Waals surface area contributed by atoms with Gasteiger partial charge in [0.2, 0.25) is 5.62 Å². The van der Waals surface area contributed by atoms with E-state index in [-0.39, 0.29) is 0 Å². The van der Waals surface area contributed by atoms with E-state index >= 15 is 0 Å². The smallest absolute Gasteiger partial charge is 0.352 e. The highest BCUT2D eigenvalue weighted by Gasteiger charge is 2.15. The van der Waals surface area contributed by atoms with E-state index in [1.54, 1.807) is 17.0 Å². The van der Waals surface area contributed by atoms with E-state index in [0.29, 0.717) is 23.2 Å². The van der Waals surface area contributed by atoms with Gasteiger partial charge in [-0.25, -0.2) is 4.79 Å². The molecule has 0 spiro atoms. The first kappa shape index (κ1) is 13.1. The summed E-state index contributed by atoms with van der Waals surface area (Å²) in [5, 5.41) is 0. The van der Waals surface area contributed by atoms with Crippen molar-refractivity contribution in [2.45, 2.75) is 0 Å². The third-order valence-electron chi connectivity index (χ3n) is 1.82. The molecule has 1 rings (SSSR count). The van der Waals surface area contributed by atoms with E-state index in [9.17, 15) is 9.59 Å². The molecule has 0 radical (unpaired) electrons. The van der Waals surface area contributed by atoms with E-state index < -0.39 is 5.97 Å². The van der Waals surface area contributed by atoms with E-state index in [1.807, 2.05) is 20.2 Å². The van der Waals surface area contributed by atoms with Gasteiger partial charge in [-0.2, -0.15) is 0 Å². The number of hydrogen-bond acceptors (Lipinski definition) is 5. The Balaban J connectivity index is 3.04. The van der Waals surface area contributed by atoms with Gasteiger partial charge in [-0.3, -0.25) is 4.79 Å². The Bertz CT molecular complexity index is 409. The topological polar surface area (TPSA) is 46.6 Å². The fraction of sp³-hybridized carbons (Fsp3) is 0.200. The molecule has 86 valence electrons. The summed E-state index contributed by atoms with van der Waals surface area (Å²) in [7, 11) is 3.65. The monoisotopic (exact) mass is 303 g/mol. The molecular weight excluding hydrogens is 294 g/mol. The van der Waals surface area contributed by atoms with Crippen LogP contribution in [0.4, 0.5) is 5.69 Å². The lowest BCUT2D eigenvalue weighted by Gasteiger charge is -2.16. The van der Waals surface area contributed by atoms with Crippen molar-refractivity contribution in [2.75, 3.05) is 19.0 Å². The van der Waals surface area contributed by atoms with Gasteiger partial charge in [0.25, 0.3) is 0 Å². The Hall–Kier alpha value is -1.01. The molecular formula is C10H10BrNO3S. The van der Waals surface area contributed by atoms with E-state index in [4.69, 9.17) is 0 Å². The minimum atomic E-state index is -0.540. The van der Waals surface area contributed by atoms with Crippen molar-refractivity contribution in [3.8, 4) is 0 Å². The highest BCUT2D eigenvalue weighted by Crippen LogP contribution is 2.24. The van der Waals surface area contributed by atoms with Gasteiger partial charge in [-0.05, 0) is 18.2 Å². The van der Waals surface area contributed by atoms with Gasteiger partial charge < -0.3 is 9.08 Å². The lowest BCUT2D eigenvalue weighted by Crippen LogP contribution is -2.14. The predicted molar refractivity (Wildman–Crippen MR) is 68.2 cm³/mol. The molecule has 6 heteroatoms. The number of halogens is 1.